The quantitative estimate of drug-likeness (QED) is 0.559. The number of rotatable bonds is 5. The molecule has 0 saturated carbocycles. The van der Waals surface area contributed by atoms with Crippen molar-refractivity contribution in [3.05, 3.63) is 83.9 Å². The van der Waals surface area contributed by atoms with Crippen molar-refractivity contribution in [1.82, 2.24) is 19.8 Å². The highest BCUT2D eigenvalue weighted by Crippen LogP contribution is 2.40. The predicted octanol–water partition coefficient (Wildman–Crippen LogP) is 5.27. The lowest BCUT2D eigenvalue weighted by Crippen LogP contribution is -2.31. The van der Waals surface area contributed by atoms with Gasteiger partial charge in [-0.15, -0.1) is 0 Å². The number of hydrogen-bond donors (Lipinski definition) is 1. The minimum Gasteiger partial charge on any atom is -0.352 e. The Hall–Kier alpha value is -2.87. The maximum absolute atomic E-state index is 13.3. The van der Waals surface area contributed by atoms with Crippen LogP contribution in [-0.4, -0.2) is 26.1 Å². The lowest BCUT2D eigenvalue weighted by Gasteiger charge is -2.28. The number of nitrogens with zero attached hydrogens (tertiary/aromatic N) is 3. The van der Waals surface area contributed by atoms with Gasteiger partial charge in [0.05, 0.1) is 23.3 Å². The summed E-state index contributed by atoms with van der Waals surface area (Å²) >= 11 is 5.59. The van der Waals surface area contributed by atoms with E-state index in [1.807, 2.05) is 30.3 Å². The Bertz CT molecular complexity index is 1030. The molecule has 1 fully saturated rings. The highest BCUT2D eigenvalue weighted by Gasteiger charge is 2.41. The molecular formula is C22H21F3N4S. The summed E-state index contributed by atoms with van der Waals surface area (Å²) in [5, 5.41) is 3.98. The summed E-state index contributed by atoms with van der Waals surface area (Å²) in [6.07, 6.45) is -0.000674. The second-order valence-corrected chi connectivity index (χ2v) is 7.56. The molecule has 0 spiro atoms. The zero-order valence-electron chi connectivity index (χ0n) is 16.3. The minimum absolute atomic E-state index is 0.197. The summed E-state index contributed by atoms with van der Waals surface area (Å²) in [4.78, 5) is 6.58. The van der Waals surface area contributed by atoms with Crippen molar-refractivity contribution >= 4 is 17.3 Å². The van der Waals surface area contributed by atoms with E-state index in [0.29, 0.717) is 10.8 Å². The number of benzene rings is 1. The Kier molecular flexibility index (Phi) is 5.51. The largest absolute Gasteiger partial charge is 0.416 e. The van der Waals surface area contributed by atoms with E-state index in [9.17, 15) is 13.2 Å². The first kappa shape index (κ1) is 20.4. The number of pyridine rings is 1. The van der Waals surface area contributed by atoms with Crippen molar-refractivity contribution in [2.75, 3.05) is 6.54 Å². The van der Waals surface area contributed by atoms with Gasteiger partial charge in [-0.05, 0) is 61.1 Å². The first-order chi connectivity index (χ1) is 14.4. The van der Waals surface area contributed by atoms with Crippen LogP contribution in [0.15, 0.2) is 67.0 Å². The van der Waals surface area contributed by atoms with E-state index in [-0.39, 0.29) is 12.1 Å². The maximum Gasteiger partial charge on any atom is 0.416 e. The minimum atomic E-state index is -4.40. The summed E-state index contributed by atoms with van der Waals surface area (Å²) in [5.41, 5.74) is 1.47. The first-order valence-electron chi connectivity index (χ1n) is 9.73. The van der Waals surface area contributed by atoms with E-state index < -0.39 is 11.7 Å². The van der Waals surface area contributed by atoms with Gasteiger partial charge >= 0.3 is 6.18 Å². The third kappa shape index (κ3) is 3.79. The molecule has 2 unspecified atom stereocenters. The normalized spacial score (nSPS) is 19.2. The van der Waals surface area contributed by atoms with Gasteiger partial charge in [-0.25, -0.2) is 0 Å². The van der Waals surface area contributed by atoms with Gasteiger partial charge in [0.15, 0.2) is 5.11 Å². The van der Waals surface area contributed by atoms with Crippen molar-refractivity contribution in [2.24, 2.45) is 0 Å². The second kappa shape index (κ2) is 8.10. The topological polar surface area (TPSA) is 33.1 Å². The zero-order chi connectivity index (χ0) is 21.3. The summed E-state index contributed by atoms with van der Waals surface area (Å²) in [7, 11) is 0. The molecule has 1 aromatic carbocycles. The Balaban J connectivity index is 1.80. The van der Waals surface area contributed by atoms with E-state index >= 15 is 0 Å². The standard InChI is InChI=1S/C22H21F3N4S/c1-2-12-29-20(19(27-21(29)30)17-9-3-4-11-26-17)18-10-6-13-28(18)16-8-5-7-15(14-16)22(23,24)25/h3-11,13-14,19-20H,2,12H2,1H3,(H,27,30). The molecule has 0 aliphatic carbocycles. The SMILES string of the molecule is CCCN1C(=S)NC(c2ccccn2)C1c1cccn1-c1cccc(C(F)(F)F)c1. The van der Waals surface area contributed by atoms with E-state index in [0.717, 1.165) is 30.4 Å². The third-order valence-corrected chi connectivity index (χ3v) is 5.55. The molecule has 8 heteroatoms. The van der Waals surface area contributed by atoms with Crippen molar-refractivity contribution in [1.29, 1.82) is 0 Å². The second-order valence-electron chi connectivity index (χ2n) is 7.17. The van der Waals surface area contributed by atoms with Gasteiger partial charge in [-0.1, -0.05) is 19.1 Å². The molecule has 156 valence electrons. The van der Waals surface area contributed by atoms with Crippen LogP contribution in [0.25, 0.3) is 5.69 Å². The first-order valence-corrected chi connectivity index (χ1v) is 10.1. The molecule has 1 aliphatic heterocycles. The number of alkyl halides is 3. The smallest absolute Gasteiger partial charge is 0.352 e. The van der Waals surface area contributed by atoms with E-state index in [2.05, 4.69) is 22.1 Å². The van der Waals surface area contributed by atoms with Gasteiger partial charge in [0.2, 0.25) is 0 Å². The molecule has 4 rings (SSSR count). The summed E-state index contributed by atoms with van der Waals surface area (Å²) in [6.45, 7) is 2.80. The van der Waals surface area contributed by atoms with E-state index in [1.165, 1.54) is 12.1 Å². The van der Waals surface area contributed by atoms with Crippen molar-refractivity contribution in [2.45, 2.75) is 31.6 Å². The highest BCUT2D eigenvalue weighted by molar-refractivity contribution is 7.80. The third-order valence-electron chi connectivity index (χ3n) is 5.20. The van der Waals surface area contributed by atoms with Gasteiger partial charge in [-0.3, -0.25) is 4.98 Å². The lowest BCUT2D eigenvalue weighted by molar-refractivity contribution is -0.137. The molecule has 30 heavy (non-hydrogen) atoms. The molecule has 0 bridgehead atoms. The number of aromatic nitrogens is 2. The van der Waals surface area contributed by atoms with Crippen molar-refractivity contribution in [3.8, 4) is 5.69 Å². The molecule has 4 nitrogen and oxygen atoms in total. The molecule has 1 aliphatic rings. The Morgan fingerprint density at radius 1 is 1.10 bits per heavy atom. The van der Waals surface area contributed by atoms with Crippen molar-refractivity contribution < 1.29 is 13.2 Å². The summed E-state index contributed by atoms with van der Waals surface area (Å²) in [6, 6.07) is 14.4. The Labute approximate surface area is 178 Å². The molecule has 0 amide bonds. The molecular weight excluding hydrogens is 409 g/mol. The van der Waals surface area contributed by atoms with Crippen LogP contribution >= 0.6 is 12.2 Å². The molecule has 1 N–H and O–H groups in total. The summed E-state index contributed by atoms with van der Waals surface area (Å²) < 4.78 is 41.6. The molecule has 0 radical (unpaired) electrons. The number of hydrogen-bond acceptors (Lipinski definition) is 2. The fourth-order valence-electron chi connectivity index (χ4n) is 3.91. The van der Waals surface area contributed by atoms with Gasteiger partial charge in [0, 0.05) is 30.3 Å². The number of halogens is 3. The van der Waals surface area contributed by atoms with Crippen LogP contribution in [0, 0.1) is 0 Å². The fourth-order valence-corrected chi connectivity index (χ4v) is 4.24. The molecule has 1 saturated heterocycles. The van der Waals surface area contributed by atoms with Crippen LogP contribution in [0.3, 0.4) is 0 Å². The number of nitrogens with one attached hydrogen (secondary N) is 1. The Morgan fingerprint density at radius 2 is 1.93 bits per heavy atom. The molecule has 3 aromatic rings. The van der Waals surface area contributed by atoms with Gasteiger partial charge in [-0.2, -0.15) is 13.2 Å². The molecule has 2 atom stereocenters. The average Bonchev–Trinajstić information content (AvgIpc) is 3.33. The van der Waals surface area contributed by atoms with E-state index in [1.54, 1.807) is 23.0 Å². The van der Waals surface area contributed by atoms with Crippen molar-refractivity contribution in [3.63, 3.8) is 0 Å². The van der Waals surface area contributed by atoms with Gasteiger partial charge < -0.3 is 14.8 Å². The van der Waals surface area contributed by atoms with Crippen LogP contribution < -0.4 is 5.32 Å². The average molecular weight is 430 g/mol. The highest BCUT2D eigenvalue weighted by atomic mass is 32.1. The Morgan fingerprint density at radius 3 is 2.63 bits per heavy atom. The van der Waals surface area contributed by atoms with Crippen LogP contribution in [0.2, 0.25) is 0 Å². The fraction of sp³-hybridized carbons (Fsp3) is 0.273. The predicted molar refractivity (Wildman–Crippen MR) is 113 cm³/mol. The molecule has 3 heterocycles. The van der Waals surface area contributed by atoms with Gasteiger partial charge in [0.1, 0.15) is 0 Å². The maximum atomic E-state index is 13.3. The van der Waals surface area contributed by atoms with Crippen LogP contribution in [-0.2, 0) is 6.18 Å². The molecule has 2 aromatic heterocycles. The summed E-state index contributed by atoms with van der Waals surface area (Å²) in [5.74, 6) is 0. The van der Waals surface area contributed by atoms with Gasteiger partial charge in [0.25, 0.3) is 0 Å². The zero-order valence-corrected chi connectivity index (χ0v) is 17.1. The van der Waals surface area contributed by atoms with E-state index in [4.69, 9.17) is 12.2 Å². The van der Waals surface area contributed by atoms with Crippen LogP contribution in [0.4, 0.5) is 13.2 Å². The number of thiocarbonyl (C=S) groups is 1. The lowest BCUT2D eigenvalue weighted by atomic mass is 10.0. The van der Waals surface area contributed by atoms with Crippen LogP contribution in [0.5, 0.6) is 0 Å². The monoisotopic (exact) mass is 430 g/mol. The van der Waals surface area contributed by atoms with Crippen LogP contribution in [0.1, 0.15) is 42.4 Å².